The van der Waals surface area contributed by atoms with Crippen LogP contribution in [0.4, 0.5) is 4.79 Å². The Morgan fingerprint density at radius 1 is 1.43 bits per heavy atom. The Labute approximate surface area is 128 Å². The fourth-order valence-corrected chi connectivity index (χ4v) is 3.42. The molecule has 2 rings (SSSR count). The van der Waals surface area contributed by atoms with Gasteiger partial charge in [0.2, 0.25) is 0 Å². The maximum Gasteiger partial charge on any atom is 0.355 e. The van der Waals surface area contributed by atoms with Crippen molar-refractivity contribution in [1.29, 1.82) is 0 Å². The molecule has 1 aromatic heterocycles. The number of rotatable bonds is 4. The number of urea groups is 1. The molecule has 1 saturated carbocycles. The highest BCUT2D eigenvalue weighted by atomic mass is 32.1. The average Bonchev–Trinajstić information content (AvgIpc) is 3.01. The van der Waals surface area contributed by atoms with E-state index in [4.69, 9.17) is 5.11 Å². The molecule has 0 radical (unpaired) electrons. The third kappa shape index (κ3) is 3.72. The summed E-state index contributed by atoms with van der Waals surface area (Å²) in [5.41, 5.74) is 0.0160. The van der Waals surface area contributed by atoms with Crippen LogP contribution in [-0.2, 0) is 0 Å². The van der Waals surface area contributed by atoms with Crippen LogP contribution in [0.25, 0.3) is 0 Å². The van der Waals surface area contributed by atoms with Crippen LogP contribution in [0.3, 0.4) is 0 Å². The number of carboxylic acids is 1. The van der Waals surface area contributed by atoms with E-state index in [-0.39, 0.29) is 23.8 Å². The SMILES string of the molecule is CC(NC(=O)NC1CCC(C)C1C)c1nc(C(=O)O)cs1. The van der Waals surface area contributed by atoms with Crippen molar-refractivity contribution < 1.29 is 14.7 Å². The Bertz CT molecular complexity index is 531. The number of nitrogens with one attached hydrogen (secondary N) is 2. The van der Waals surface area contributed by atoms with Gasteiger partial charge in [-0.25, -0.2) is 14.6 Å². The first-order valence-electron chi connectivity index (χ1n) is 7.14. The van der Waals surface area contributed by atoms with Crippen molar-refractivity contribution in [3.63, 3.8) is 0 Å². The van der Waals surface area contributed by atoms with Crippen molar-refractivity contribution in [2.45, 2.75) is 45.7 Å². The number of nitrogens with zero attached hydrogens (tertiary/aromatic N) is 1. The van der Waals surface area contributed by atoms with Gasteiger partial charge in [-0.2, -0.15) is 0 Å². The van der Waals surface area contributed by atoms with Crippen LogP contribution in [0.1, 0.15) is 55.2 Å². The molecule has 1 aromatic rings. The summed E-state index contributed by atoms with van der Waals surface area (Å²) < 4.78 is 0. The molecular formula is C14H21N3O3S. The van der Waals surface area contributed by atoms with Crippen molar-refractivity contribution in [2.24, 2.45) is 11.8 Å². The topological polar surface area (TPSA) is 91.3 Å². The van der Waals surface area contributed by atoms with Crippen LogP contribution in [0.5, 0.6) is 0 Å². The van der Waals surface area contributed by atoms with Crippen molar-refractivity contribution >= 4 is 23.3 Å². The summed E-state index contributed by atoms with van der Waals surface area (Å²) >= 11 is 1.24. The molecule has 1 fully saturated rings. The highest BCUT2D eigenvalue weighted by Gasteiger charge is 2.31. The zero-order valence-corrected chi connectivity index (χ0v) is 13.2. The first-order valence-corrected chi connectivity index (χ1v) is 8.02. The van der Waals surface area contributed by atoms with E-state index in [1.165, 1.54) is 16.7 Å². The quantitative estimate of drug-likeness (QED) is 0.797. The molecule has 0 spiro atoms. The first kappa shape index (κ1) is 15.8. The predicted octanol–water partition coefficient (Wildman–Crippen LogP) is 2.64. The summed E-state index contributed by atoms with van der Waals surface area (Å²) in [4.78, 5) is 26.8. The van der Waals surface area contributed by atoms with E-state index in [1.54, 1.807) is 6.92 Å². The third-order valence-electron chi connectivity index (χ3n) is 4.24. The number of hydrogen-bond donors (Lipinski definition) is 3. The summed E-state index contributed by atoms with van der Waals surface area (Å²) in [7, 11) is 0. The van der Waals surface area contributed by atoms with Crippen LogP contribution in [0.15, 0.2) is 5.38 Å². The maximum atomic E-state index is 12.0. The monoisotopic (exact) mass is 311 g/mol. The van der Waals surface area contributed by atoms with Crippen LogP contribution in [0.2, 0.25) is 0 Å². The lowest BCUT2D eigenvalue weighted by molar-refractivity contribution is 0.0691. The zero-order chi connectivity index (χ0) is 15.6. The molecule has 6 nitrogen and oxygen atoms in total. The molecule has 7 heteroatoms. The molecule has 2 amide bonds. The largest absolute Gasteiger partial charge is 0.476 e. The molecule has 4 atom stereocenters. The molecule has 1 aliphatic carbocycles. The van der Waals surface area contributed by atoms with Gasteiger partial charge in [-0.15, -0.1) is 11.3 Å². The Morgan fingerprint density at radius 2 is 2.14 bits per heavy atom. The van der Waals surface area contributed by atoms with Crippen molar-refractivity contribution in [2.75, 3.05) is 0 Å². The highest BCUT2D eigenvalue weighted by molar-refractivity contribution is 7.09. The third-order valence-corrected chi connectivity index (χ3v) is 5.27. The Kier molecular flexibility index (Phi) is 4.82. The molecule has 1 aliphatic rings. The van der Waals surface area contributed by atoms with Gasteiger partial charge in [-0.1, -0.05) is 13.8 Å². The number of carbonyl (C=O) groups is 2. The summed E-state index contributed by atoms with van der Waals surface area (Å²) in [6.45, 7) is 6.16. The lowest BCUT2D eigenvalue weighted by Crippen LogP contribution is -2.44. The summed E-state index contributed by atoms with van der Waals surface area (Å²) in [5, 5.41) is 16.7. The Hall–Kier alpha value is -1.63. The van der Waals surface area contributed by atoms with Crippen molar-refractivity contribution in [1.82, 2.24) is 15.6 Å². The van der Waals surface area contributed by atoms with Gasteiger partial charge in [0.05, 0.1) is 6.04 Å². The normalized spacial score (nSPS) is 26.3. The Balaban J connectivity index is 1.88. The zero-order valence-electron chi connectivity index (χ0n) is 12.4. The minimum atomic E-state index is -1.05. The number of aromatic carboxylic acids is 1. The standard InChI is InChI=1S/C14H21N3O3S/c1-7-4-5-10(8(7)2)17-14(20)15-9(3)12-16-11(6-21-12)13(18)19/h6-10H,4-5H2,1-3H3,(H,18,19)(H2,15,17,20). The molecule has 3 N–H and O–H groups in total. The molecule has 116 valence electrons. The fourth-order valence-electron chi connectivity index (χ4n) is 2.62. The van der Waals surface area contributed by atoms with E-state index >= 15 is 0 Å². The highest BCUT2D eigenvalue weighted by Crippen LogP contribution is 2.31. The second-order valence-electron chi connectivity index (χ2n) is 5.74. The van der Waals surface area contributed by atoms with Gasteiger partial charge in [0, 0.05) is 11.4 Å². The summed E-state index contributed by atoms with van der Waals surface area (Å²) in [5.74, 6) is 0.0530. The van der Waals surface area contributed by atoms with E-state index in [2.05, 4.69) is 29.5 Å². The van der Waals surface area contributed by atoms with E-state index < -0.39 is 5.97 Å². The molecule has 4 unspecified atom stereocenters. The van der Waals surface area contributed by atoms with Gasteiger partial charge >= 0.3 is 12.0 Å². The van der Waals surface area contributed by atoms with E-state index in [1.807, 2.05) is 0 Å². The lowest BCUT2D eigenvalue weighted by Gasteiger charge is -2.21. The lowest BCUT2D eigenvalue weighted by atomic mass is 9.98. The van der Waals surface area contributed by atoms with E-state index in [0.717, 1.165) is 12.8 Å². The number of carbonyl (C=O) groups excluding carboxylic acids is 1. The number of aromatic nitrogens is 1. The van der Waals surface area contributed by atoms with Crippen LogP contribution in [-0.4, -0.2) is 28.1 Å². The molecule has 0 bridgehead atoms. The second-order valence-corrected chi connectivity index (χ2v) is 6.63. The molecule has 0 saturated heterocycles. The van der Waals surface area contributed by atoms with Gasteiger partial charge in [-0.05, 0) is 31.6 Å². The molecule has 0 aliphatic heterocycles. The van der Waals surface area contributed by atoms with Crippen LogP contribution >= 0.6 is 11.3 Å². The summed E-state index contributed by atoms with van der Waals surface area (Å²) in [6, 6.07) is -0.323. The first-order chi connectivity index (χ1) is 9.88. The molecule has 0 aromatic carbocycles. The summed E-state index contributed by atoms with van der Waals surface area (Å²) in [6.07, 6.45) is 2.14. The van der Waals surface area contributed by atoms with Gasteiger partial charge < -0.3 is 15.7 Å². The van der Waals surface area contributed by atoms with Crippen LogP contribution < -0.4 is 10.6 Å². The van der Waals surface area contributed by atoms with Crippen molar-refractivity contribution in [3.8, 4) is 0 Å². The van der Waals surface area contributed by atoms with E-state index in [0.29, 0.717) is 16.8 Å². The van der Waals surface area contributed by atoms with E-state index in [9.17, 15) is 9.59 Å². The van der Waals surface area contributed by atoms with Gasteiger partial charge in [-0.3, -0.25) is 0 Å². The predicted molar refractivity (Wildman–Crippen MR) is 80.5 cm³/mol. The minimum Gasteiger partial charge on any atom is -0.476 e. The average molecular weight is 311 g/mol. The van der Waals surface area contributed by atoms with Crippen molar-refractivity contribution in [3.05, 3.63) is 16.1 Å². The Morgan fingerprint density at radius 3 is 2.67 bits per heavy atom. The van der Waals surface area contributed by atoms with Gasteiger partial charge in [0.15, 0.2) is 5.69 Å². The number of amides is 2. The molecule has 21 heavy (non-hydrogen) atoms. The minimum absolute atomic E-state index is 0.0160. The maximum absolute atomic E-state index is 12.0. The molecule has 1 heterocycles. The smallest absolute Gasteiger partial charge is 0.355 e. The number of thiazole rings is 1. The van der Waals surface area contributed by atoms with Gasteiger partial charge in [0.25, 0.3) is 0 Å². The fraction of sp³-hybridized carbons (Fsp3) is 0.643. The second kappa shape index (κ2) is 6.43. The van der Waals surface area contributed by atoms with Gasteiger partial charge in [0.1, 0.15) is 5.01 Å². The number of hydrogen-bond acceptors (Lipinski definition) is 4. The molecular weight excluding hydrogens is 290 g/mol. The number of carboxylic acid groups (broad SMARTS) is 1. The van der Waals surface area contributed by atoms with Crippen LogP contribution in [0, 0.1) is 11.8 Å².